The SMILES string of the molecule is COc1cc(CNc2nc(C(C)C)nc3c2CCNC3=O)ccc1OC(C)C. The number of benzene rings is 1. The van der Waals surface area contributed by atoms with Crippen LogP contribution in [0.3, 0.4) is 0 Å². The summed E-state index contributed by atoms with van der Waals surface area (Å²) in [6, 6.07) is 5.86. The average Bonchev–Trinajstić information content (AvgIpc) is 2.66. The van der Waals surface area contributed by atoms with Crippen molar-refractivity contribution in [1.29, 1.82) is 0 Å². The minimum Gasteiger partial charge on any atom is -0.493 e. The molecule has 0 bridgehead atoms. The Hall–Kier alpha value is -2.83. The van der Waals surface area contributed by atoms with E-state index in [1.807, 2.05) is 45.9 Å². The monoisotopic (exact) mass is 384 g/mol. The van der Waals surface area contributed by atoms with Gasteiger partial charge in [0, 0.05) is 24.6 Å². The number of carbonyl (C=O) groups excluding carboxylic acids is 1. The van der Waals surface area contributed by atoms with Crippen molar-refractivity contribution in [3.63, 3.8) is 0 Å². The number of nitrogens with one attached hydrogen (secondary N) is 2. The van der Waals surface area contributed by atoms with Crippen molar-refractivity contribution in [1.82, 2.24) is 15.3 Å². The number of nitrogens with zero attached hydrogens (tertiary/aromatic N) is 2. The first-order chi connectivity index (χ1) is 13.4. The first kappa shape index (κ1) is 19.9. The van der Waals surface area contributed by atoms with Crippen molar-refractivity contribution in [2.75, 3.05) is 19.0 Å². The van der Waals surface area contributed by atoms with Crippen LogP contribution in [0.2, 0.25) is 0 Å². The van der Waals surface area contributed by atoms with E-state index in [9.17, 15) is 4.79 Å². The summed E-state index contributed by atoms with van der Waals surface area (Å²) >= 11 is 0. The second-order valence-electron chi connectivity index (χ2n) is 7.42. The molecule has 7 nitrogen and oxygen atoms in total. The summed E-state index contributed by atoms with van der Waals surface area (Å²) in [6.07, 6.45) is 0.790. The fourth-order valence-corrected chi connectivity index (χ4v) is 3.07. The van der Waals surface area contributed by atoms with Crippen LogP contribution in [0, 0.1) is 0 Å². The molecule has 0 atom stereocenters. The average molecular weight is 384 g/mol. The summed E-state index contributed by atoms with van der Waals surface area (Å²) < 4.78 is 11.2. The minimum atomic E-state index is -0.134. The topological polar surface area (TPSA) is 85.4 Å². The normalized spacial score (nSPS) is 13.3. The highest BCUT2D eigenvalue weighted by atomic mass is 16.5. The lowest BCUT2D eigenvalue weighted by atomic mass is 10.0. The van der Waals surface area contributed by atoms with Crippen molar-refractivity contribution in [3.8, 4) is 11.5 Å². The molecule has 0 saturated carbocycles. The van der Waals surface area contributed by atoms with Gasteiger partial charge in [-0.25, -0.2) is 9.97 Å². The molecule has 1 aliphatic rings. The predicted molar refractivity (Wildman–Crippen MR) is 108 cm³/mol. The third-order valence-corrected chi connectivity index (χ3v) is 4.47. The van der Waals surface area contributed by atoms with Crippen molar-refractivity contribution >= 4 is 11.7 Å². The molecular weight excluding hydrogens is 356 g/mol. The molecule has 7 heteroatoms. The highest BCUT2D eigenvalue weighted by Gasteiger charge is 2.24. The lowest BCUT2D eigenvalue weighted by Crippen LogP contribution is -2.34. The van der Waals surface area contributed by atoms with Crippen molar-refractivity contribution in [2.45, 2.75) is 52.7 Å². The molecule has 0 aliphatic carbocycles. The molecule has 0 radical (unpaired) electrons. The number of carbonyl (C=O) groups is 1. The van der Waals surface area contributed by atoms with Gasteiger partial charge in [-0.2, -0.15) is 0 Å². The van der Waals surface area contributed by atoms with E-state index in [1.54, 1.807) is 7.11 Å². The van der Waals surface area contributed by atoms with Crippen LogP contribution < -0.4 is 20.1 Å². The van der Waals surface area contributed by atoms with Gasteiger partial charge in [-0.05, 0) is 38.0 Å². The van der Waals surface area contributed by atoms with Crippen LogP contribution in [0.15, 0.2) is 18.2 Å². The molecule has 0 spiro atoms. The van der Waals surface area contributed by atoms with E-state index in [2.05, 4.69) is 20.6 Å². The van der Waals surface area contributed by atoms with E-state index in [0.29, 0.717) is 36.8 Å². The number of ether oxygens (including phenoxy) is 2. The summed E-state index contributed by atoms with van der Waals surface area (Å²) in [6.45, 7) is 9.15. The first-order valence-electron chi connectivity index (χ1n) is 9.65. The predicted octanol–water partition coefficient (Wildman–Crippen LogP) is 3.29. The van der Waals surface area contributed by atoms with Crippen LogP contribution in [-0.2, 0) is 13.0 Å². The van der Waals surface area contributed by atoms with Crippen LogP contribution in [0.5, 0.6) is 11.5 Å². The zero-order valence-electron chi connectivity index (χ0n) is 17.1. The van der Waals surface area contributed by atoms with Gasteiger partial charge in [0.2, 0.25) is 0 Å². The Kier molecular flexibility index (Phi) is 6.02. The maximum atomic E-state index is 12.2. The van der Waals surface area contributed by atoms with E-state index >= 15 is 0 Å². The summed E-state index contributed by atoms with van der Waals surface area (Å²) in [7, 11) is 1.63. The number of fused-ring (bicyclic) bond motifs is 1. The van der Waals surface area contributed by atoms with Gasteiger partial charge in [0.25, 0.3) is 5.91 Å². The molecular formula is C21H28N4O3. The lowest BCUT2D eigenvalue weighted by Gasteiger charge is -2.21. The van der Waals surface area contributed by atoms with Gasteiger partial charge in [-0.3, -0.25) is 4.79 Å². The molecule has 0 unspecified atom stereocenters. The summed E-state index contributed by atoms with van der Waals surface area (Å²) in [5, 5.41) is 6.24. The molecule has 2 heterocycles. The van der Waals surface area contributed by atoms with Crippen molar-refractivity contribution in [2.24, 2.45) is 0 Å². The quantitative estimate of drug-likeness (QED) is 0.762. The summed E-state index contributed by atoms with van der Waals surface area (Å²) in [5.41, 5.74) is 2.39. The number of hydrogen-bond donors (Lipinski definition) is 2. The van der Waals surface area contributed by atoms with Crippen LogP contribution in [-0.4, -0.2) is 35.6 Å². The fourth-order valence-electron chi connectivity index (χ4n) is 3.07. The zero-order valence-corrected chi connectivity index (χ0v) is 17.1. The molecule has 1 aromatic carbocycles. The van der Waals surface area contributed by atoms with Crippen LogP contribution in [0.25, 0.3) is 0 Å². The Balaban J connectivity index is 1.85. The number of hydrogen-bond acceptors (Lipinski definition) is 6. The van der Waals surface area contributed by atoms with Crippen LogP contribution in [0.1, 0.15) is 61.1 Å². The standard InChI is InChI=1S/C21H28N4O3/c1-12(2)19-24-18-15(8-9-22-21(18)26)20(25-19)23-11-14-6-7-16(28-13(3)4)17(10-14)27-5/h6-7,10,12-13H,8-9,11H2,1-5H3,(H,22,26)(H,23,24,25). The second-order valence-corrected chi connectivity index (χ2v) is 7.42. The Bertz CT molecular complexity index is 865. The smallest absolute Gasteiger partial charge is 0.270 e. The Labute approximate surface area is 165 Å². The number of amides is 1. The molecule has 0 saturated heterocycles. The maximum absolute atomic E-state index is 12.2. The van der Waals surface area contributed by atoms with E-state index < -0.39 is 0 Å². The number of anilines is 1. The van der Waals surface area contributed by atoms with E-state index in [4.69, 9.17) is 9.47 Å². The third-order valence-electron chi connectivity index (χ3n) is 4.47. The number of methoxy groups -OCH3 is 1. The fraction of sp³-hybridized carbons (Fsp3) is 0.476. The van der Waals surface area contributed by atoms with Gasteiger partial charge < -0.3 is 20.1 Å². The molecule has 3 rings (SSSR count). The van der Waals surface area contributed by atoms with E-state index in [1.165, 1.54) is 0 Å². The molecule has 150 valence electrons. The van der Waals surface area contributed by atoms with Gasteiger partial charge in [0.05, 0.1) is 13.2 Å². The maximum Gasteiger partial charge on any atom is 0.270 e. The second kappa shape index (κ2) is 8.46. The Morgan fingerprint density at radius 2 is 1.96 bits per heavy atom. The van der Waals surface area contributed by atoms with Crippen molar-refractivity contribution in [3.05, 3.63) is 40.8 Å². The Morgan fingerprint density at radius 1 is 1.18 bits per heavy atom. The van der Waals surface area contributed by atoms with Gasteiger partial charge in [0.15, 0.2) is 11.5 Å². The summed E-state index contributed by atoms with van der Waals surface area (Å²) in [4.78, 5) is 21.4. The highest BCUT2D eigenvalue weighted by Crippen LogP contribution is 2.30. The van der Waals surface area contributed by atoms with E-state index in [0.717, 1.165) is 22.7 Å². The summed E-state index contributed by atoms with van der Waals surface area (Å²) in [5.74, 6) is 2.81. The van der Waals surface area contributed by atoms with Crippen LogP contribution >= 0.6 is 0 Å². The molecule has 2 N–H and O–H groups in total. The largest absolute Gasteiger partial charge is 0.493 e. The molecule has 2 aromatic rings. The van der Waals surface area contributed by atoms with Gasteiger partial charge >= 0.3 is 0 Å². The zero-order chi connectivity index (χ0) is 20.3. The third kappa shape index (κ3) is 4.35. The number of aromatic nitrogens is 2. The number of rotatable bonds is 7. The van der Waals surface area contributed by atoms with Gasteiger partial charge in [0.1, 0.15) is 17.3 Å². The highest BCUT2D eigenvalue weighted by molar-refractivity contribution is 5.96. The minimum absolute atomic E-state index is 0.0750. The Morgan fingerprint density at radius 3 is 2.64 bits per heavy atom. The molecule has 1 aromatic heterocycles. The molecule has 28 heavy (non-hydrogen) atoms. The lowest BCUT2D eigenvalue weighted by molar-refractivity contribution is 0.0940. The van der Waals surface area contributed by atoms with Gasteiger partial charge in [-0.15, -0.1) is 0 Å². The first-order valence-corrected chi connectivity index (χ1v) is 9.65. The van der Waals surface area contributed by atoms with Crippen molar-refractivity contribution < 1.29 is 14.3 Å². The van der Waals surface area contributed by atoms with Gasteiger partial charge in [-0.1, -0.05) is 19.9 Å². The molecule has 1 aliphatic heterocycles. The van der Waals surface area contributed by atoms with E-state index in [-0.39, 0.29) is 17.9 Å². The molecule has 0 fully saturated rings. The van der Waals surface area contributed by atoms with Crippen LogP contribution in [0.4, 0.5) is 5.82 Å². The molecule has 1 amide bonds.